The lowest BCUT2D eigenvalue weighted by Crippen LogP contribution is -1.93. The number of allylic oxidation sites excluding steroid dienone is 1. The Balaban J connectivity index is 1.86. The average molecular weight is 188 g/mol. The zero-order valence-electron chi connectivity index (χ0n) is 8.32. The first-order chi connectivity index (χ1) is 6.84. The Bertz CT molecular complexity index is 313. The molecule has 0 fully saturated rings. The van der Waals surface area contributed by atoms with Gasteiger partial charge in [0.05, 0.1) is 6.10 Å². The summed E-state index contributed by atoms with van der Waals surface area (Å²) in [5, 5.41) is 9.32. The summed E-state index contributed by atoms with van der Waals surface area (Å²) in [4.78, 5) is 0. The lowest BCUT2D eigenvalue weighted by Gasteiger charge is -2.01. The van der Waals surface area contributed by atoms with Crippen LogP contribution in [-0.4, -0.2) is 11.2 Å². The van der Waals surface area contributed by atoms with Gasteiger partial charge in [-0.3, -0.25) is 0 Å². The highest BCUT2D eigenvalue weighted by Crippen LogP contribution is 2.22. The Morgan fingerprint density at radius 2 is 1.93 bits per heavy atom. The van der Waals surface area contributed by atoms with E-state index in [1.165, 1.54) is 11.1 Å². The Morgan fingerprint density at radius 3 is 2.57 bits per heavy atom. The van der Waals surface area contributed by atoms with Crippen molar-refractivity contribution < 1.29 is 5.11 Å². The summed E-state index contributed by atoms with van der Waals surface area (Å²) in [7, 11) is 0. The number of hydrogen-bond donors (Lipinski definition) is 1. The van der Waals surface area contributed by atoms with Crippen LogP contribution in [0.2, 0.25) is 0 Å². The molecule has 0 amide bonds. The molecule has 1 aliphatic rings. The quantitative estimate of drug-likeness (QED) is 0.723. The van der Waals surface area contributed by atoms with E-state index in [-0.39, 0.29) is 6.10 Å². The van der Waals surface area contributed by atoms with Crippen molar-refractivity contribution in [2.75, 3.05) is 0 Å². The summed E-state index contributed by atoms with van der Waals surface area (Å²) in [5.74, 6) is 0. The molecule has 74 valence electrons. The van der Waals surface area contributed by atoms with Crippen LogP contribution in [0.5, 0.6) is 0 Å². The molecule has 0 aromatic heterocycles. The Labute approximate surface area is 85.1 Å². The predicted molar refractivity (Wildman–Crippen MR) is 58.1 cm³/mol. The van der Waals surface area contributed by atoms with Crippen molar-refractivity contribution in [2.45, 2.75) is 31.8 Å². The number of benzene rings is 1. The van der Waals surface area contributed by atoms with Gasteiger partial charge in [-0.15, -0.1) is 0 Å². The zero-order chi connectivity index (χ0) is 9.80. The molecule has 2 rings (SSSR count). The first-order valence-corrected chi connectivity index (χ1v) is 5.26. The molecule has 0 spiro atoms. The lowest BCUT2D eigenvalue weighted by atomic mass is 10.0. The van der Waals surface area contributed by atoms with Gasteiger partial charge in [0.1, 0.15) is 0 Å². The van der Waals surface area contributed by atoms with E-state index in [2.05, 4.69) is 24.3 Å². The van der Waals surface area contributed by atoms with Crippen molar-refractivity contribution in [3.8, 4) is 0 Å². The maximum Gasteiger partial charge on any atom is 0.0726 e. The normalized spacial score (nSPS) is 20.9. The van der Waals surface area contributed by atoms with Crippen molar-refractivity contribution in [1.29, 1.82) is 0 Å². The van der Waals surface area contributed by atoms with Gasteiger partial charge in [-0.25, -0.2) is 0 Å². The second kappa shape index (κ2) is 4.43. The molecule has 1 unspecified atom stereocenters. The Morgan fingerprint density at radius 1 is 1.14 bits per heavy atom. The van der Waals surface area contributed by atoms with E-state index in [4.69, 9.17) is 0 Å². The average Bonchev–Trinajstić information content (AvgIpc) is 2.63. The standard InChI is InChI=1S/C13H16O/c14-13-9-8-12(10-13)7-6-11-4-2-1-3-5-11/h1-5,10,13-14H,6-9H2. The Hall–Kier alpha value is -1.08. The van der Waals surface area contributed by atoms with Gasteiger partial charge in [0.2, 0.25) is 0 Å². The highest BCUT2D eigenvalue weighted by molar-refractivity contribution is 5.18. The van der Waals surface area contributed by atoms with Gasteiger partial charge < -0.3 is 5.11 Å². The van der Waals surface area contributed by atoms with E-state index >= 15 is 0 Å². The number of rotatable bonds is 3. The summed E-state index contributed by atoms with van der Waals surface area (Å²) >= 11 is 0. The summed E-state index contributed by atoms with van der Waals surface area (Å²) in [6.07, 6.45) is 6.03. The third kappa shape index (κ3) is 2.46. The molecular formula is C13H16O. The molecule has 0 saturated heterocycles. The first kappa shape index (κ1) is 9.47. The number of aryl methyl sites for hydroxylation is 1. The van der Waals surface area contributed by atoms with Crippen molar-refractivity contribution in [3.63, 3.8) is 0 Å². The minimum absolute atomic E-state index is 0.180. The van der Waals surface area contributed by atoms with Gasteiger partial charge in [-0.1, -0.05) is 42.0 Å². The molecule has 1 heteroatoms. The topological polar surface area (TPSA) is 20.2 Å². The molecule has 1 atom stereocenters. The maximum atomic E-state index is 9.32. The zero-order valence-corrected chi connectivity index (χ0v) is 8.32. The smallest absolute Gasteiger partial charge is 0.0726 e. The molecule has 14 heavy (non-hydrogen) atoms. The summed E-state index contributed by atoms with van der Waals surface area (Å²) in [6.45, 7) is 0. The predicted octanol–water partition coefficient (Wildman–Crippen LogP) is 2.70. The molecule has 1 aromatic carbocycles. The lowest BCUT2D eigenvalue weighted by molar-refractivity contribution is 0.223. The van der Waals surface area contributed by atoms with Crippen molar-refractivity contribution in [1.82, 2.24) is 0 Å². The molecule has 1 N–H and O–H groups in total. The van der Waals surface area contributed by atoms with Crippen molar-refractivity contribution in [2.24, 2.45) is 0 Å². The van der Waals surface area contributed by atoms with E-state index in [1.54, 1.807) is 0 Å². The molecule has 0 radical (unpaired) electrons. The van der Waals surface area contributed by atoms with Crippen LogP contribution in [0.4, 0.5) is 0 Å². The van der Waals surface area contributed by atoms with E-state index in [1.807, 2.05) is 12.1 Å². The molecule has 1 aliphatic carbocycles. The highest BCUT2D eigenvalue weighted by Gasteiger charge is 2.11. The van der Waals surface area contributed by atoms with E-state index in [0.717, 1.165) is 25.7 Å². The van der Waals surface area contributed by atoms with Crippen LogP contribution in [0, 0.1) is 0 Å². The summed E-state index contributed by atoms with van der Waals surface area (Å²) in [6, 6.07) is 10.5. The van der Waals surface area contributed by atoms with Crippen LogP contribution in [0.15, 0.2) is 42.0 Å². The second-order valence-corrected chi connectivity index (χ2v) is 3.92. The van der Waals surface area contributed by atoms with Gasteiger partial charge in [0.25, 0.3) is 0 Å². The third-order valence-electron chi connectivity index (χ3n) is 2.77. The maximum absolute atomic E-state index is 9.32. The van der Waals surface area contributed by atoms with Crippen LogP contribution in [0.3, 0.4) is 0 Å². The monoisotopic (exact) mass is 188 g/mol. The SMILES string of the molecule is OC1C=C(CCc2ccccc2)CC1. The fourth-order valence-electron chi connectivity index (χ4n) is 1.93. The molecule has 0 heterocycles. The van der Waals surface area contributed by atoms with Crippen LogP contribution in [0.1, 0.15) is 24.8 Å². The fourth-order valence-corrected chi connectivity index (χ4v) is 1.93. The van der Waals surface area contributed by atoms with E-state index in [0.29, 0.717) is 0 Å². The van der Waals surface area contributed by atoms with Crippen molar-refractivity contribution in [3.05, 3.63) is 47.5 Å². The van der Waals surface area contributed by atoms with Crippen LogP contribution >= 0.6 is 0 Å². The van der Waals surface area contributed by atoms with Crippen LogP contribution in [0.25, 0.3) is 0 Å². The second-order valence-electron chi connectivity index (χ2n) is 3.92. The largest absolute Gasteiger partial charge is 0.389 e. The minimum Gasteiger partial charge on any atom is -0.389 e. The third-order valence-corrected chi connectivity index (χ3v) is 2.77. The number of aliphatic hydroxyl groups is 1. The van der Waals surface area contributed by atoms with Gasteiger partial charge in [-0.05, 0) is 31.2 Å². The van der Waals surface area contributed by atoms with Gasteiger partial charge in [0, 0.05) is 0 Å². The number of aliphatic hydroxyl groups excluding tert-OH is 1. The summed E-state index contributed by atoms with van der Waals surface area (Å²) in [5.41, 5.74) is 2.80. The number of hydrogen-bond acceptors (Lipinski definition) is 1. The molecule has 1 nitrogen and oxygen atoms in total. The van der Waals surface area contributed by atoms with E-state index < -0.39 is 0 Å². The molecule has 1 aromatic rings. The first-order valence-electron chi connectivity index (χ1n) is 5.26. The fraction of sp³-hybridized carbons (Fsp3) is 0.385. The van der Waals surface area contributed by atoms with Gasteiger partial charge in [0.15, 0.2) is 0 Å². The van der Waals surface area contributed by atoms with Crippen LogP contribution < -0.4 is 0 Å². The van der Waals surface area contributed by atoms with Gasteiger partial charge in [-0.2, -0.15) is 0 Å². The molecule has 0 saturated carbocycles. The molecule has 0 aliphatic heterocycles. The minimum atomic E-state index is -0.180. The van der Waals surface area contributed by atoms with Gasteiger partial charge >= 0.3 is 0 Å². The highest BCUT2D eigenvalue weighted by atomic mass is 16.3. The van der Waals surface area contributed by atoms with Crippen LogP contribution in [-0.2, 0) is 6.42 Å². The molecular weight excluding hydrogens is 172 g/mol. The summed E-state index contributed by atoms with van der Waals surface area (Å²) < 4.78 is 0. The van der Waals surface area contributed by atoms with Crippen molar-refractivity contribution >= 4 is 0 Å². The van der Waals surface area contributed by atoms with E-state index in [9.17, 15) is 5.11 Å². The molecule has 0 bridgehead atoms. The Kier molecular flexibility index (Phi) is 3.00.